The van der Waals surface area contributed by atoms with E-state index >= 15 is 0 Å². The van der Waals surface area contributed by atoms with Gasteiger partial charge in [-0.25, -0.2) is 9.78 Å². The Bertz CT molecular complexity index is 1150. The van der Waals surface area contributed by atoms with Crippen LogP contribution < -0.4 is 15.4 Å². The van der Waals surface area contributed by atoms with Crippen LogP contribution >= 0.6 is 11.3 Å². The quantitative estimate of drug-likeness (QED) is 0.467. The fourth-order valence-electron chi connectivity index (χ4n) is 2.72. The van der Waals surface area contributed by atoms with Gasteiger partial charge in [0.05, 0.1) is 29.3 Å². The number of rotatable bonds is 4. The molecule has 0 saturated carbocycles. The van der Waals surface area contributed by atoms with Crippen LogP contribution in [0.4, 0.5) is 15.6 Å². The van der Waals surface area contributed by atoms with Crippen molar-refractivity contribution in [3.8, 4) is 22.6 Å². The van der Waals surface area contributed by atoms with E-state index < -0.39 is 0 Å². The van der Waals surface area contributed by atoms with Crippen LogP contribution in [0.5, 0.6) is 11.5 Å². The molecule has 0 aliphatic carbocycles. The molecule has 0 saturated heterocycles. The van der Waals surface area contributed by atoms with Crippen molar-refractivity contribution in [2.45, 2.75) is 0 Å². The number of benzene rings is 2. The van der Waals surface area contributed by atoms with Gasteiger partial charge in [0, 0.05) is 0 Å². The third-order valence-corrected chi connectivity index (χ3v) is 4.84. The molecule has 8 heteroatoms. The van der Waals surface area contributed by atoms with E-state index in [-0.39, 0.29) is 11.8 Å². The number of aromatic nitrogens is 2. The lowest BCUT2D eigenvalue weighted by Crippen LogP contribution is -2.19. The summed E-state index contributed by atoms with van der Waals surface area (Å²) in [6, 6.07) is 14.1. The van der Waals surface area contributed by atoms with Crippen LogP contribution in [0.25, 0.3) is 22.2 Å². The van der Waals surface area contributed by atoms with Gasteiger partial charge in [0.2, 0.25) is 0 Å². The number of aromatic hydroxyl groups is 1. The molecule has 0 fully saturated rings. The lowest BCUT2D eigenvalue weighted by atomic mass is 10.0. The lowest BCUT2D eigenvalue weighted by molar-refractivity contribution is 0.262. The number of phenols is 1. The number of hydrogen-bond donors (Lipinski definition) is 3. The first kappa shape index (κ1) is 17.7. The predicted octanol–water partition coefficient (Wildman–Crippen LogP) is 4.72. The summed E-state index contributed by atoms with van der Waals surface area (Å²) in [6.07, 6.45) is 1.51. The minimum absolute atomic E-state index is 0.0788. The molecule has 4 aromatic rings. The van der Waals surface area contributed by atoms with Crippen molar-refractivity contribution in [1.82, 2.24) is 9.97 Å². The van der Waals surface area contributed by atoms with E-state index in [2.05, 4.69) is 20.6 Å². The second-order valence-corrected chi connectivity index (χ2v) is 6.85. The van der Waals surface area contributed by atoms with Crippen molar-refractivity contribution in [3.63, 3.8) is 0 Å². The first-order chi connectivity index (χ1) is 13.6. The third-order valence-electron chi connectivity index (χ3n) is 4.05. The van der Waals surface area contributed by atoms with Gasteiger partial charge in [-0.05, 0) is 52.9 Å². The number of hydrogen-bond acceptors (Lipinski definition) is 6. The number of carbonyl (C=O) groups is 1. The van der Waals surface area contributed by atoms with Gasteiger partial charge in [0.15, 0.2) is 17.3 Å². The SMILES string of the molecule is COc1cc(-c2ccc3ncc(NC(=O)Nc4cccs4)nc3c2)ccc1O. The lowest BCUT2D eigenvalue weighted by Gasteiger charge is -2.09. The van der Waals surface area contributed by atoms with Crippen LogP contribution in [0.15, 0.2) is 60.1 Å². The maximum atomic E-state index is 12.1. The van der Waals surface area contributed by atoms with E-state index in [1.807, 2.05) is 35.7 Å². The summed E-state index contributed by atoms with van der Waals surface area (Å²) in [5, 5.41) is 17.8. The van der Waals surface area contributed by atoms with Crippen LogP contribution in [-0.2, 0) is 0 Å². The highest BCUT2D eigenvalue weighted by molar-refractivity contribution is 7.14. The summed E-state index contributed by atoms with van der Waals surface area (Å²) in [5.41, 5.74) is 3.10. The van der Waals surface area contributed by atoms with E-state index in [1.165, 1.54) is 24.6 Å². The molecule has 2 amide bonds. The van der Waals surface area contributed by atoms with Crippen LogP contribution in [0, 0.1) is 0 Å². The molecule has 0 bridgehead atoms. The molecule has 4 rings (SSSR count). The molecule has 140 valence electrons. The number of nitrogens with one attached hydrogen (secondary N) is 2. The van der Waals surface area contributed by atoms with Crippen molar-refractivity contribution >= 4 is 39.2 Å². The Morgan fingerprint density at radius 1 is 1.07 bits per heavy atom. The molecular formula is C20H16N4O3S. The Balaban J connectivity index is 1.61. The molecule has 7 nitrogen and oxygen atoms in total. The summed E-state index contributed by atoms with van der Waals surface area (Å²) in [7, 11) is 1.50. The highest BCUT2D eigenvalue weighted by Crippen LogP contribution is 2.32. The summed E-state index contributed by atoms with van der Waals surface area (Å²) in [6.45, 7) is 0. The van der Waals surface area contributed by atoms with Gasteiger partial charge in [0.25, 0.3) is 0 Å². The van der Waals surface area contributed by atoms with Gasteiger partial charge in [-0.2, -0.15) is 0 Å². The van der Waals surface area contributed by atoms with E-state index in [0.717, 1.165) is 16.1 Å². The number of carbonyl (C=O) groups excluding carboxylic acids is 1. The van der Waals surface area contributed by atoms with Gasteiger partial charge < -0.3 is 9.84 Å². The Labute approximate surface area is 164 Å². The van der Waals surface area contributed by atoms with Crippen molar-refractivity contribution in [3.05, 3.63) is 60.1 Å². The van der Waals surface area contributed by atoms with Crippen LogP contribution in [0.2, 0.25) is 0 Å². The molecule has 28 heavy (non-hydrogen) atoms. The summed E-state index contributed by atoms with van der Waals surface area (Å²) in [4.78, 5) is 20.9. The summed E-state index contributed by atoms with van der Waals surface area (Å²) >= 11 is 1.43. The molecule has 0 aliphatic heterocycles. The van der Waals surface area contributed by atoms with Gasteiger partial charge in [-0.15, -0.1) is 11.3 Å². The zero-order valence-electron chi connectivity index (χ0n) is 14.8. The number of urea groups is 1. The third kappa shape index (κ3) is 3.72. The zero-order valence-corrected chi connectivity index (χ0v) is 15.7. The van der Waals surface area contributed by atoms with Gasteiger partial charge >= 0.3 is 6.03 Å². The number of fused-ring (bicyclic) bond motifs is 1. The summed E-state index contributed by atoms with van der Waals surface area (Å²) < 4.78 is 5.17. The zero-order chi connectivity index (χ0) is 19.5. The molecule has 0 unspecified atom stereocenters. The average Bonchev–Trinajstić information content (AvgIpc) is 3.20. The molecule has 0 atom stereocenters. The van der Waals surface area contributed by atoms with Gasteiger partial charge in [-0.1, -0.05) is 12.1 Å². The Kier molecular flexibility index (Phi) is 4.77. The first-order valence-corrected chi connectivity index (χ1v) is 9.26. The highest BCUT2D eigenvalue weighted by atomic mass is 32.1. The van der Waals surface area contributed by atoms with Crippen LogP contribution in [-0.4, -0.2) is 28.2 Å². The van der Waals surface area contributed by atoms with E-state index in [1.54, 1.807) is 18.2 Å². The van der Waals surface area contributed by atoms with Crippen molar-refractivity contribution in [2.75, 3.05) is 17.7 Å². The Morgan fingerprint density at radius 2 is 1.89 bits per heavy atom. The number of amides is 2. The second-order valence-electron chi connectivity index (χ2n) is 5.90. The molecule has 0 spiro atoms. The minimum atomic E-state index is -0.379. The van der Waals surface area contributed by atoms with Crippen LogP contribution in [0.3, 0.4) is 0 Å². The van der Waals surface area contributed by atoms with Crippen molar-refractivity contribution in [2.24, 2.45) is 0 Å². The normalized spacial score (nSPS) is 10.6. The minimum Gasteiger partial charge on any atom is -0.504 e. The number of ether oxygens (including phenoxy) is 1. The molecule has 0 radical (unpaired) electrons. The summed E-state index contributed by atoms with van der Waals surface area (Å²) in [5.74, 6) is 0.821. The van der Waals surface area contributed by atoms with Crippen molar-refractivity contribution in [1.29, 1.82) is 0 Å². The molecule has 2 aromatic heterocycles. The van der Waals surface area contributed by atoms with E-state index in [4.69, 9.17) is 4.74 Å². The first-order valence-electron chi connectivity index (χ1n) is 8.38. The van der Waals surface area contributed by atoms with Gasteiger partial charge in [-0.3, -0.25) is 15.6 Å². The monoisotopic (exact) mass is 392 g/mol. The largest absolute Gasteiger partial charge is 0.504 e. The fraction of sp³-hybridized carbons (Fsp3) is 0.0500. The molecule has 2 aromatic carbocycles. The second kappa shape index (κ2) is 7.53. The number of methoxy groups -OCH3 is 1. The Morgan fingerprint density at radius 3 is 2.68 bits per heavy atom. The molecule has 2 heterocycles. The molecule has 3 N–H and O–H groups in total. The maximum absolute atomic E-state index is 12.1. The predicted molar refractivity (Wildman–Crippen MR) is 110 cm³/mol. The maximum Gasteiger partial charge on any atom is 0.325 e. The van der Waals surface area contributed by atoms with Crippen molar-refractivity contribution < 1.29 is 14.6 Å². The molecular weight excluding hydrogens is 376 g/mol. The smallest absolute Gasteiger partial charge is 0.325 e. The highest BCUT2D eigenvalue weighted by Gasteiger charge is 2.09. The fourth-order valence-corrected chi connectivity index (χ4v) is 3.33. The topological polar surface area (TPSA) is 96.4 Å². The van der Waals surface area contributed by atoms with Gasteiger partial charge in [0.1, 0.15) is 0 Å². The Hall–Kier alpha value is -3.65. The standard InChI is InChI=1S/C20H16N4O3S/c1-27-17-10-13(5-7-16(17)25)12-4-6-14-15(9-12)22-18(11-21-14)23-20(26)24-19-3-2-8-28-19/h2-11,25H,1H3,(H2,22,23,24,26). The number of thiophene rings is 1. The van der Waals surface area contributed by atoms with Crippen LogP contribution in [0.1, 0.15) is 0 Å². The van der Waals surface area contributed by atoms with E-state index in [0.29, 0.717) is 22.6 Å². The number of phenolic OH excluding ortho intramolecular Hbond substituents is 1. The number of nitrogens with zero attached hydrogens (tertiary/aromatic N) is 2. The molecule has 0 aliphatic rings. The average molecular weight is 392 g/mol. The van der Waals surface area contributed by atoms with E-state index in [9.17, 15) is 9.90 Å². The number of anilines is 2.